The summed E-state index contributed by atoms with van der Waals surface area (Å²) in [5.41, 5.74) is 10.6. The molecule has 3 fully saturated rings. The molecule has 0 bridgehead atoms. The lowest BCUT2D eigenvalue weighted by atomic mass is 9.69. The van der Waals surface area contributed by atoms with Crippen LogP contribution in [0.1, 0.15) is 63.0 Å². The van der Waals surface area contributed by atoms with E-state index in [0.29, 0.717) is 11.0 Å². The first-order valence-electron chi connectivity index (χ1n) is 13.1. The average Bonchev–Trinajstić information content (AvgIpc) is 3.47. The second-order valence-electron chi connectivity index (χ2n) is 10.7. The van der Waals surface area contributed by atoms with Crippen molar-refractivity contribution in [2.75, 3.05) is 13.1 Å². The van der Waals surface area contributed by atoms with Crippen molar-refractivity contribution in [3.8, 4) is 11.1 Å². The summed E-state index contributed by atoms with van der Waals surface area (Å²) >= 11 is 9.91. The molecule has 3 aliphatic rings. The lowest BCUT2D eigenvalue weighted by Gasteiger charge is -2.49. The van der Waals surface area contributed by atoms with Crippen molar-refractivity contribution in [2.45, 2.75) is 68.3 Å². The van der Waals surface area contributed by atoms with Gasteiger partial charge in [0.1, 0.15) is 4.99 Å². The van der Waals surface area contributed by atoms with Gasteiger partial charge in [0, 0.05) is 52.8 Å². The third-order valence-electron chi connectivity index (χ3n) is 8.93. The van der Waals surface area contributed by atoms with Crippen LogP contribution in [0.25, 0.3) is 22.0 Å². The highest BCUT2D eigenvalue weighted by Crippen LogP contribution is 2.46. The molecule has 2 aromatic carbocycles. The maximum Gasteiger partial charge on any atom is 0.104 e. The third-order valence-corrected chi connectivity index (χ3v) is 9.45. The molecular formula is C29H35N3S2. The fourth-order valence-corrected chi connectivity index (χ4v) is 7.33. The van der Waals surface area contributed by atoms with E-state index in [1.54, 1.807) is 0 Å². The van der Waals surface area contributed by atoms with E-state index in [1.165, 1.54) is 86.5 Å². The summed E-state index contributed by atoms with van der Waals surface area (Å²) in [6.45, 7) is 2.45. The lowest BCUT2D eigenvalue weighted by molar-refractivity contribution is 0.00857. The molecule has 0 spiro atoms. The molecule has 3 aromatic rings. The first-order valence-corrected chi connectivity index (χ1v) is 13.9. The number of hydrogen-bond donors (Lipinski definition) is 2. The summed E-state index contributed by atoms with van der Waals surface area (Å²) in [4.78, 5) is 4.30. The summed E-state index contributed by atoms with van der Waals surface area (Å²) in [6, 6.07) is 16.3. The minimum Gasteiger partial charge on any atom is -0.389 e. The fourth-order valence-electron chi connectivity index (χ4n) is 7.00. The van der Waals surface area contributed by atoms with Crippen molar-refractivity contribution in [3.05, 3.63) is 54.2 Å². The molecule has 6 rings (SSSR count). The molecule has 2 heterocycles. The van der Waals surface area contributed by atoms with Crippen molar-refractivity contribution in [1.82, 2.24) is 9.47 Å². The largest absolute Gasteiger partial charge is 0.389 e. The van der Waals surface area contributed by atoms with Crippen molar-refractivity contribution in [2.24, 2.45) is 17.6 Å². The van der Waals surface area contributed by atoms with E-state index in [1.807, 2.05) is 6.07 Å². The average molecular weight is 490 g/mol. The molecule has 2 N–H and O–H groups in total. The van der Waals surface area contributed by atoms with Crippen molar-refractivity contribution in [3.63, 3.8) is 0 Å². The van der Waals surface area contributed by atoms with Gasteiger partial charge in [-0.3, -0.25) is 4.90 Å². The molecule has 2 saturated carbocycles. The number of rotatable bonds is 5. The molecule has 178 valence electrons. The van der Waals surface area contributed by atoms with Gasteiger partial charge in [0.15, 0.2) is 0 Å². The van der Waals surface area contributed by atoms with Crippen molar-refractivity contribution < 1.29 is 0 Å². The summed E-state index contributed by atoms with van der Waals surface area (Å²) in [5.74, 6) is 1.99. The van der Waals surface area contributed by atoms with Gasteiger partial charge < -0.3 is 10.3 Å². The predicted molar refractivity (Wildman–Crippen MR) is 149 cm³/mol. The molecule has 2 unspecified atom stereocenters. The van der Waals surface area contributed by atoms with E-state index >= 15 is 0 Å². The number of thiol groups is 1. The number of likely N-dealkylation sites (tertiary alicyclic amines) is 1. The normalized spacial score (nSPS) is 24.5. The van der Waals surface area contributed by atoms with E-state index in [-0.39, 0.29) is 0 Å². The van der Waals surface area contributed by atoms with Crippen LogP contribution in [0.3, 0.4) is 0 Å². The maximum absolute atomic E-state index is 5.93. The molecule has 2 aliphatic carbocycles. The number of hydrogen-bond acceptors (Lipinski definition) is 3. The third kappa shape index (κ3) is 4.10. The Hall–Kier alpha value is -1.82. The number of thiocarbonyl (C=S) groups is 1. The highest BCUT2D eigenvalue weighted by atomic mass is 32.1. The standard InChI is InChI=1S/C29H35N3S2/c30-29(34)21-7-3-6-20(16-21)26-18-32(28-17-23(33)8-9-25(26)28)22-12-14-31(15-13-22)27-11-10-24(27)19-4-1-2-5-19/h3,6-9,16-19,22,24,27,33H,1-2,4-5,10-15H2,(H2,30,34). The zero-order chi connectivity index (χ0) is 23.2. The minimum absolute atomic E-state index is 0.447. The predicted octanol–water partition coefficient (Wildman–Crippen LogP) is 6.84. The van der Waals surface area contributed by atoms with Crippen LogP contribution in [0.2, 0.25) is 0 Å². The Bertz CT molecular complexity index is 1200. The molecule has 0 amide bonds. The van der Waals surface area contributed by atoms with Gasteiger partial charge in [-0.25, -0.2) is 0 Å². The van der Waals surface area contributed by atoms with Crippen LogP contribution in [0, 0.1) is 11.8 Å². The van der Waals surface area contributed by atoms with E-state index in [0.717, 1.165) is 28.3 Å². The van der Waals surface area contributed by atoms with Gasteiger partial charge >= 0.3 is 0 Å². The molecule has 0 radical (unpaired) electrons. The first kappa shape index (κ1) is 22.6. The molecule has 34 heavy (non-hydrogen) atoms. The van der Waals surface area contributed by atoms with Crippen LogP contribution in [-0.2, 0) is 0 Å². The second-order valence-corrected chi connectivity index (χ2v) is 11.7. The van der Waals surface area contributed by atoms with Crippen LogP contribution >= 0.6 is 24.8 Å². The van der Waals surface area contributed by atoms with E-state index in [4.69, 9.17) is 18.0 Å². The first-order chi connectivity index (χ1) is 16.6. The quantitative estimate of drug-likeness (QED) is 0.304. The number of piperidine rings is 1. The molecule has 3 nitrogen and oxygen atoms in total. The van der Waals surface area contributed by atoms with E-state index in [2.05, 4.69) is 64.7 Å². The highest BCUT2D eigenvalue weighted by molar-refractivity contribution is 7.80. The Morgan fingerprint density at radius 1 is 0.941 bits per heavy atom. The number of nitrogens with zero attached hydrogens (tertiary/aromatic N) is 2. The topological polar surface area (TPSA) is 34.2 Å². The summed E-state index contributed by atoms with van der Waals surface area (Å²) in [5, 5.41) is 1.28. The Labute approximate surface area is 214 Å². The molecule has 1 aliphatic heterocycles. The molecular weight excluding hydrogens is 454 g/mol. The number of aromatic nitrogens is 1. The van der Waals surface area contributed by atoms with Gasteiger partial charge in [0.25, 0.3) is 0 Å². The van der Waals surface area contributed by atoms with Gasteiger partial charge in [-0.15, -0.1) is 12.6 Å². The Balaban J connectivity index is 1.25. The maximum atomic E-state index is 5.93. The van der Waals surface area contributed by atoms with Gasteiger partial charge in [-0.2, -0.15) is 0 Å². The number of nitrogens with two attached hydrogens (primary N) is 1. The summed E-state index contributed by atoms with van der Waals surface area (Å²) in [6.07, 6.45) is 13.6. The van der Waals surface area contributed by atoms with Crippen LogP contribution in [0.15, 0.2) is 53.6 Å². The van der Waals surface area contributed by atoms with Gasteiger partial charge in [-0.1, -0.05) is 62.2 Å². The van der Waals surface area contributed by atoms with Crippen LogP contribution < -0.4 is 5.73 Å². The van der Waals surface area contributed by atoms with Gasteiger partial charge in [0.2, 0.25) is 0 Å². The van der Waals surface area contributed by atoms with Gasteiger partial charge in [-0.05, 0) is 61.3 Å². The second kappa shape index (κ2) is 9.33. The van der Waals surface area contributed by atoms with Gasteiger partial charge in [0.05, 0.1) is 5.52 Å². The smallest absolute Gasteiger partial charge is 0.104 e. The van der Waals surface area contributed by atoms with E-state index in [9.17, 15) is 0 Å². The fraction of sp³-hybridized carbons (Fsp3) is 0.483. The Morgan fingerprint density at radius 2 is 1.74 bits per heavy atom. The molecule has 1 aromatic heterocycles. The monoisotopic (exact) mass is 489 g/mol. The molecule has 5 heteroatoms. The summed E-state index contributed by atoms with van der Waals surface area (Å²) < 4.78 is 2.53. The molecule has 1 saturated heterocycles. The van der Waals surface area contributed by atoms with Crippen LogP contribution in [0.5, 0.6) is 0 Å². The highest BCUT2D eigenvalue weighted by Gasteiger charge is 2.42. The SMILES string of the molecule is NC(=S)c1cccc(-c2cn(C3CCN(C4CCC4C4CCCC4)CC3)c3cc(S)ccc23)c1. The zero-order valence-corrected chi connectivity index (χ0v) is 21.5. The Morgan fingerprint density at radius 3 is 2.44 bits per heavy atom. The Kier molecular flexibility index (Phi) is 6.21. The zero-order valence-electron chi connectivity index (χ0n) is 19.8. The number of fused-ring (bicyclic) bond motifs is 1. The van der Waals surface area contributed by atoms with Crippen molar-refractivity contribution in [1.29, 1.82) is 0 Å². The number of benzene rings is 2. The van der Waals surface area contributed by atoms with Crippen molar-refractivity contribution >= 4 is 40.7 Å². The lowest BCUT2D eigenvalue weighted by Crippen LogP contribution is -2.52. The molecule has 2 atom stereocenters. The van der Waals surface area contributed by atoms with Crippen LogP contribution in [-0.4, -0.2) is 33.6 Å². The van der Waals surface area contributed by atoms with Crippen LogP contribution in [0.4, 0.5) is 0 Å². The summed E-state index contributed by atoms with van der Waals surface area (Å²) in [7, 11) is 0. The minimum atomic E-state index is 0.447. The van der Waals surface area contributed by atoms with E-state index < -0.39 is 0 Å².